The second-order valence-electron chi connectivity index (χ2n) is 2.37. The Balaban J connectivity index is 0.00000144. The first-order valence-corrected chi connectivity index (χ1v) is 4.64. The van der Waals surface area contributed by atoms with Crippen molar-refractivity contribution < 1.29 is 38.4 Å². The van der Waals surface area contributed by atoms with Crippen molar-refractivity contribution in [1.82, 2.24) is 0 Å². The molecule has 3 nitrogen and oxygen atoms in total. The van der Waals surface area contributed by atoms with Gasteiger partial charge in [-0.1, -0.05) is 0 Å². The number of rotatable bonds is 2. The number of aryl methyl sites for hydroxylation is 1. The van der Waals surface area contributed by atoms with Gasteiger partial charge in [-0.15, -0.1) is 11.8 Å². The van der Waals surface area contributed by atoms with Gasteiger partial charge in [0.1, 0.15) is 7.05 Å². The van der Waals surface area contributed by atoms with E-state index in [1.807, 2.05) is 12.3 Å². The fourth-order valence-corrected chi connectivity index (χ4v) is 1.32. The van der Waals surface area contributed by atoms with Crippen LogP contribution in [0.5, 0.6) is 0 Å². The molecule has 0 spiro atoms. The van der Waals surface area contributed by atoms with Gasteiger partial charge in [0.2, 0.25) is 0 Å². The number of aromatic carboxylic acids is 1. The standard InChI is InChI=1S/C8H9NO2S.HI/c1-9-4-3-6(12-2)5-7(9)8(10)11;/h3-5H,1-2H3;1H. The van der Waals surface area contributed by atoms with Gasteiger partial charge in [-0.3, -0.25) is 0 Å². The van der Waals surface area contributed by atoms with Crippen LogP contribution in [0.15, 0.2) is 23.2 Å². The van der Waals surface area contributed by atoms with Gasteiger partial charge in [-0.05, 0) is 6.26 Å². The number of hydrogen-bond donors (Lipinski definition) is 1. The predicted octanol–water partition coefficient (Wildman–Crippen LogP) is -2.06. The zero-order valence-electron chi connectivity index (χ0n) is 7.32. The van der Waals surface area contributed by atoms with Crippen LogP contribution in [0.2, 0.25) is 0 Å². The first-order valence-electron chi connectivity index (χ1n) is 3.42. The van der Waals surface area contributed by atoms with Crippen molar-refractivity contribution in [2.75, 3.05) is 6.26 Å². The quantitative estimate of drug-likeness (QED) is 0.388. The number of hydrogen-bond acceptors (Lipinski definition) is 2. The number of halogens is 1. The van der Waals surface area contributed by atoms with Crippen LogP contribution in [0.3, 0.4) is 0 Å². The number of pyridine rings is 1. The Morgan fingerprint density at radius 1 is 1.62 bits per heavy atom. The minimum atomic E-state index is -0.895. The topological polar surface area (TPSA) is 41.2 Å². The van der Waals surface area contributed by atoms with E-state index in [4.69, 9.17) is 5.11 Å². The summed E-state index contributed by atoms with van der Waals surface area (Å²) >= 11 is 1.53. The average Bonchev–Trinajstić information content (AvgIpc) is 2.05. The number of carboxylic acids is 1. The van der Waals surface area contributed by atoms with Crippen molar-refractivity contribution in [3.8, 4) is 0 Å². The molecule has 0 radical (unpaired) electrons. The van der Waals surface area contributed by atoms with E-state index >= 15 is 0 Å². The SMILES string of the molecule is CSc1cc[n+](C)c(C(=O)O)c1.[I-]. The number of thioether (sulfide) groups is 1. The van der Waals surface area contributed by atoms with Gasteiger partial charge < -0.3 is 29.1 Å². The number of carboxylic acid groups (broad SMARTS) is 1. The van der Waals surface area contributed by atoms with E-state index in [1.54, 1.807) is 23.9 Å². The van der Waals surface area contributed by atoms with Crippen molar-refractivity contribution in [1.29, 1.82) is 0 Å². The van der Waals surface area contributed by atoms with Crippen molar-refractivity contribution in [3.05, 3.63) is 24.0 Å². The molecule has 0 aliphatic carbocycles. The summed E-state index contributed by atoms with van der Waals surface area (Å²) in [7, 11) is 1.72. The molecule has 5 heteroatoms. The Labute approximate surface area is 98.2 Å². The van der Waals surface area contributed by atoms with Crippen LogP contribution in [-0.4, -0.2) is 17.3 Å². The molecule has 0 bridgehead atoms. The van der Waals surface area contributed by atoms with Crippen LogP contribution in [0, 0.1) is 0 Å². The molecule has 13 heavy (non-hydrogen) atoms. The lowest BCUT2D eigenvalue weighted by Gasteiger charge is -1.96. The highest BCUT2D eigenvalue weighted by atomic mass is 127. The molecule has 72 valence electrons. The number of nitrogens with zero attached hydrogens (tertiary/aromatic N) is 1. The molecular weight excluding hydrogens is 301 g/mol. The predicted molar refractivity (Wildman–Crippen MR) is 46.4 cm³/mol. The first kappa shape index (κ1) is 12.7. The summed E-state index contributed by atoms with van der Waals surface area (Å²) in [5.41, 5.74) is 0.307. The molecule has 1 aromatic heterocycles. The van der Waals surface area contributed by atoms with E-state index in [2.05, 4.69) is 0 Å². The highest BCUT2D eigenvalue weighted by molar-refractivity contribution is 7.98. The minimum absolute atomic E-state index is 0. The van der Waals surface area contributed by atoms with E-state index in [0.717, 1.165) is 4.90 Å². The Bertz CT molecular complexity index is 317. The van der Waals surface area contributed by atoms with Gasteiger partial charge >= 0.3 is 5.97 Å². The monoisotopic (exact) mass is 311 g/mol. The van der Waals surface area contributed by atoms with Gasteiger partial charge in [-0.25, -0.2) is 4.79 Å². The second kappa shape index (κ2) is 5.43. The first-order chi connectivity index (χ1) is 5.65. The smallest absolute Gasteiger partial charge is 0.401 e. The average molecular weight is 311 g/mol. The molecule has 0 amide bonds. The van der Waals surface area contributed by atoms with Crippen LogP contribution in [-0.2, 0) is 7.05 Å². The van der Waals surface area contributed by atoms with Crippen LogP contribution >= 0.6 is 11.8 Å². The summed E-state index contributed by atoms with van der Waals surface area (Å²) in [6, 6.07) is 3.55. The molecule has 0 aliphatic rings. The van der Waals surface area contributed by atoms with Crippen molar-refractivity contribution >= 4 is 17.7 Å². The summed E-state index contributed by atoms with van der Waals surface area (Å²) in [5, 5.41) is 8.76. The lowest BCUT2D eigenvalue weighted by atomic mass is 10.3. The van der Waals surface area contributed by atoms with Gasteiger partial charge in [0.15, 0.2) is 6.20 Å². The van der Waals surface area contributed by atoms with Gasteiger partial charge in [-0.2, -0.15) is 4.57 Å². The Kier molecular flexibility index (Phi) is 5.31. The molecule has 1 heterocycles. The maximum atomic E-state index is 10.7. The fourth-order valence-electron chi connectivity index (χ4n) is 0.890. The third-order valence-electron chi connectivity index (χ3n) is 1.58. The zero-order valence-corrected chi connectivity index (χ0v) is 10.3. The molecule has 0 saturated carbocycles. The Hall–Kier alpha value is -0.300. The van der Waals surface area contributed by atoms with Crippen molar-refractivity contribution in [2.24, 2.45) is 7.05 Å². The number of carbonyl (C=O) groups is 1. The van der Waals surface area contributed by atoms with Crippen molar-refractivity contribution in [2.45, 2.75) is 4.90 Å². The molecule has 0 unspecified atom stereocenters. The summed E-state index contributed by atoms with van der Waals surface area (Å²) < 4.78 is 1.59. The summed E-state index contributed by atoms with van der Waals surface area (Å²) in [6.07, 6.45) is 3.66. The van der Waals surface area contributed by atoms with E-state index in [-0.39, 0.29) is 24.0 Å². The Morgan fingerprint density at radius 3 is 2.69 bits per heavy atom. The van der Waals surface area contributed by atoms with Gasteiger partial charge in [0, 0.05) is 17.0 Å². The van der Waals surface area contributed by atoms with Crippen LogP contribution in [0.4, 0.5) is 0 Å². The molecule has 0 aliphatic heterocycles. The normalized spacial score (nSPS) is 9.08. The summed E-state index contributed by atoms with van der Waals surface area (Å²) in [4.78, 5) is 11.6. The molecule has 0 saturated heterocycles. The van der Waals surface area contributed by atoms with Gasteiger partial charge in [0.25, 0.3) is 5.69 Å². The third kappa shape index (κ3) is 3.15. The largest absolute Gasteiger partial charge is 1.00 e. The molecular formula is C8H10INO2S. The van der Waals surface area contributed by atoms with Crippen LogP contribution in [0.1, 0.15) is 10.5 Å². The van der Waals surface area contributed by atoms with Crippen molar-refractivity contribution in [3.63, 3.8) is 0 Å². The minimum Gasteiger partial charge on any atom is -1.00 e. The highest BCUT2D eigenvalue weighted by Crippen LogP contribution is 2.12. The zero-order chi connectivity index (χ0) is 9.14. The van der Waals surface area contributed by atoms with E-state index < -0.39 is 5.97 Å². The summed E-state index contributed by atoms with van der Waals surface area (Å²) in [6.45, 7) is 0. The van der Waals surface area contributed by atoms with Crippen LogP contribution in [0.25, 0.3) is 0 Å². The number of aromatic nitrogens is 1. The Morgan fingerprint density at radius 2 is 2.23 bits per heavy atom. The third-order valence-corrected chi connectivity index (χ3v) is 2.30. The molecule has 0 atom stereocenters. The lowest BCUT2D eigenvalue weighted by Crippen LogP contribution is -3.00. The van der Waals surface area contributed by atoms with E-state index in [0.29, 0.717) is 5.69 Å². The fraction of sp³-hybridized carbons (Fsp3) is 0.250. The maximum Gasteiger partial charge on any atom is 0.401 e. The van der Waals surface area contributed by atoms with Gasteiger partial charge in [0.05, 0.1) is 0 Å². The van der Waals surface area contributed by atoms with E-state index in [9.17, 15) is 4.79 Å². The molecule has 0 aromatic carbocycles. The molecule has 1 aromatic rings. The molecule has 1 N–H and O–H groups in total. The molecule has 0 fully saturated rings. The second-order valence-corrected chi connectivity index (χ2v) is 3.25. The lowest BCUT2D eigenvalue weighted by molar-refractivity contribution is -0.674. The van der Waals surface area contributed by atoms with E-state index in [1.165, 1.54) is 11.8 Å². The molecule has 1 rings (SSSR count). The maximum absolute atomic E-state index is 10.7. The highest BCUT2D eigenvalue weighted by Gasteiger charge is 2.14. The van der Waals surface area contributed by atoms with Crippen LogP contribution < -0.4 is 28.5 Å². The summed E-state index contributed by atoms with van der Waals surface area (Å²) in [5.74, 6) is -0.895.